The summed E-state index contributed by atoms with van der Waals surface area (Å²) >= 11 is 0. The highest BCUT2D eigenvalue weighted by molar-refractivity contribution is 5.95. The molecule has 130 valence electrons. The van der Waals surface area contributed by atoms with Gasteiger partial charge in [-0.2, -0.15) is 10.1 Å². The van der Waals surface area contributed by atoms with Gasteiger partial charge in [0.05, 0.1) is 6.54 Å². The molecule has 0 spiro atoms. The summed E-state index contributed by atoms with van der Waals surface area (Å²) in [7, 11) is 3.74. The number of H-pyrrole nitrogens is 1. The lowest BCUT2D eigenvalue weighted by Crippen LogP contribution is -2.35. The molecule has 1 amide bonds. The molecule has 0 saturated heterocycles. The minimum absolute atomic E-state index is 0.0801. The first kappa shape index (κ1) is 16.6. The Bertz CT molecular complexity index is 839. The number of hydrogen-bond donors (Lipinski definition) is 2. The molecule has 2 N–H and O–H groups in total. The fourth-order valence-corrected chi connectivity index (χ4v) is 2.35. The lowest BCUT2D eigenvalue weighted by Gasteiger charge is -2.14. The third-order valence-corrected chi connectivity index (χ3v) is 3.58. The number of hydrogen-bond acceptors (Lipinski definition) is 6. The summed E-state index contributed by atoms with van der Waals surface area (Å²) in [5.41, 5.74) is 1.36. The number of nitrogens with zero attached hydrogens (tertiary/aromatic N) is 6. The van der Waals surface area contributed by atoms with Crippen LogP contribution in [0.3, 0.4) is 0 Å². The lowest BCUT2D eigenvalue weighted by molar-refractivity contribution is 0.0936. The van der Waals surface area contributed by atoms with E-state index in [0.717, 1.165) is 5.56 Å². The Morgan fingerprint density at radius 2 is 2.24 bits per heavy atom. The average Bonchev–Trinajstić information content (AvgIpc) is 3.26. The van der Waals surface area contributed by atoms with E-state index in [2.05, 4.69) is 30.6 Å². The summed E-state index contributed by atoms with van der Waals surface area (Å²) in [6, 6.07) is 7.19. The van der Waals surface area contributed by atoms with Gasteiger partial charge in [0.2, 0.25) is 5.95 Å². The molecule has 0 radical (unpaired) electrons. The normalized spacial score (nSPS) is 12.0. The van der Waals surface area contributed by atoms with Crippen molar-refractivity contribution in [3.8, 4) is 11.4 Å². The lowest BCUT2D eigenvalue weighted by atomic mass is 10.1. The van der Waals surface area contributed by atoms with Crippen LogP contribution in [0.2, 0.25) is 0 Å². The zero-order valence-corrected chi connectivity index (χ0v) is 14.3. The molecule has 3 aromatic rings. The number of benzene rings is 1. The monoisotopic (exact) mass is 340 g/mol. The highest BCUT2D eigenvalue weighted by atomic mass is 16.1. The zero-order chi connectivity index (χ0) is 17.8. The molecule has 0 bridgehead atoms. The summed E-state index contributed by atoms with van der Waals surface area (Å²) < 4.78 is 1.68. The smallest absolute Gasteiger partial charge is 0.251 e. The minimum atomic E-state index is -0.151. The van der Waals surface area contributed by atoms with Gasteiger partial charge < -0.3 is 10.2 Å². The molecule has 9 heteroatoms. The van der Waals surface area contributed by atoms with E-state index >= 15 is 0 Å². The maximum absolute atomic E-state index is 12.5. The molecule has 25 heavy (non-hydrogen) atoms. The van der Waals surface area contributed by atoms with Gasteiger partial charge in [0.15, 0.2) is 5.82 Å². The van der Waals surface area contributed by atoms with Crippen LogP contribution in [0.1, 0.15) is 17.3 Å². The van der Waals surface area contributed by atoms with Gasteiger partial charge in [0.25, 0.3) is 5.91 Å². The highest BCUT2D eigenvalue weighted by Gasteiger charge is 2.13. The molecule has 1 atom stereocenters. The average molecular weight is 340 g/mol. The van der Waals surface area contributed by atoms with Gasteiger partial charge in [0.1, 0.15) is 12.7 Å². The van der Waals surface area contributed by atoms with Crippen molar-refractivity contribution in [2.45, 2.75) is 19.5 Å². The fourth-order valence-electron chi connectivity index (χ4n) is 2.35. The number of anilines is 1. The van der Waals surface area contributed by atoms with Crippen LogP contribution in [0.25, 0.3) is 11.4 Å². The summed E-state index contributed by atoms with van der Waals surface area (Å²) in [6.07, 6.45) is 3.09. The highest BCUT2D eigenvalue weighted by Crippen LogP contribution is 2.18. The Hall–Kier alpha value is -3.23. The maximum Gasteiger partial charge on any atom is 0.251 e. The van der Waals surface area contributed by atoms with Crippen LogP contribution in [0.15, 0.2) is 36.9 Å². The predicted molar refractivity (Wildman–Crippen MR) is 93.1 cm³/mol. The molecule has 2 aromatic heterocycles. The first-order chi connectivity index (χ1) is 12.0. The second-order valence-electron chi connectivity index (χ2n) is 5.95. The molecule has 0 fully saturated rings. The van der Waals surface area contributed by atoms with E-state index in [1.807, 2.05) is 38.1 Å². The van der Waals surface area contributed by atoms with Crippen molar-refractivity contribution in [3.05, 3.63) is 42.5 Å². The number of carbonyl (C=O) groups is 1. The molecule has 0 saturated carbocycles. The van der Waals surface area contributed by atoms with Crippen molar-refractivity contribution in [1.82, 2.24) is 35.3 Å². The molecule has 3 rings (SSSR count). The van der Waals surface area contributed by atoms with Crippen LogP contribution >= 0.6 is 0 Å². The molecule has 0 aliphatic rings. The third kappa shape index (κ3) is 4.00. The number of aromatic amines is 1. The summed E-state index contributed by atoms with van der Waals surface area (Å²) in [5.74, 6) is 1.06. The first-order valence-electron chi connectivity index (χ1n) is 7.86. The Morgan fingerprint density at radius 1 is 1.40 bits per heavy atom. The van der Waals surface area contributed by atoms with E-state index in [1.165, 1.54) is 6.33 Å². The van der Waals surface area contributed by atoms with Crippen molar-refractivity contribution in [2.24, 2.45) is 0 Å². The van der Waals surface area contributed by atoms with Gasteiger partial charge >= 0.3 is 0 Å². The number of rotatable bonds is 6. The van der Waals surface area contributed by atoms with Crippen molar-refractivity contribution < 1.29 is 4.79 Å². The van der Waals surface area contributed by atoms with E-state index in [0.29, 0.717) is 23.9 Å². The Labute approximate surface area is 145 Å². The van der Waals surface area contributed by atoms with Crippen molar-refractivity contribution >= 4 is 11.9 Å². The van der Waals surface area contributed by atoms with Crippen molar-refractivity contribution in [1.29, 1.82) is 0 Å². The molecule has 2 heterocycles. The SMILES string of the molecule is C[C@@H](Cn1cncn1)NC(=O)c1cccc(-c2nc(N(C)C)n[nH]2)c1. The minimum Gasteiger partial charge on any atom is -0.348 e. The van der Waals surface area contributed by atoms with Crippen LogP contribution in [0.4, 0.5) is 5.95 Å². The number of carbonyl (C=O) groups excluding carboxylic acids is 1. The predicted octanol–water partition coefficient (Wildman–Crippen LogP) is 0.948. The van der Waals surface area contributed by atoms with Gasteiger partial charge in [-0.15, -0.1) is 5.10 Å². The van der Waals surface area contributed by atoms with E-state index in [9.17, 15) is 4.79 Å². The summed E-state index contributed by atoms with van der Waals surface area (Å²) in [4.78, 5) is 22.6. The molecule has 0 unspecified atom stereocenters. The zero-order valence-electron chi connectivity index (χ0n) is 14.3. The van der Waals surface area contributed by atoms with Crippen molar-refractivity contribution in [2.75, 3.05) is 19.0 Å². The second-order valence-corrected chi connectivity index (χ2v) is 5.95. The summed E-state index contributed by atoms with van der Waals surface area (Å²) in [6.45, 7) is 2.48. The molecule has 1 aromatic carbocycles. The second kappa shape index (κ2) is 7.12. The van der Waals surface area contributed by atoms with Crippen LogP contribution in [0.5, 0.6) is 0 Å². The van der Waals surface area contributed by atoms with Crippen LogP contribution in [-0.2, 0) is 6.54 Å². The van der Waals surface area contributed by atoms with Crippen LogP contribution in [-0.4, -0.2) is 56.0 Å². The number of nitrogens with one attached hydrogen (secondary N) is 2. The van der Waals surface area contributed by atoms with Crippen LogP contribution < -0.4 is 10.2 Å². The topological polar surface area (TPSA) is 105 Å². The maximum atomic E-state index is 12.5. The number of aromatic nitrogens is 6. The first-order valence-corrected chi connectivity index (χ1v) is 7.86. The molecular weight excluding hydrogens is 320 g/mol. The van der Waals surface area contributed by atoms with Gasteiger partial charge in [0, 0.05) is 31.3 Å². The van der Waals surface area contributed by atoms with E-state index in [-0.39, 0.29) is 11.9 Å². The third-order valence-electron chi connectivity index (χ3n) is 3.58. The fraction of sp³-hybridized carbons (Fsp3) is 0.312. The largest absolute Gasteiger partial charge is 0.348 e. The van der Waals surface area contributed by atoms with Gasteiger partial charge in [-0.25, -0.2) is 4.98 Å². The van der Waals surface area contributed by atoms with E-state index < -0.39 is 0 Å². The molecule has 9 nitrogen and oxygen atoms in total. The number of amides is 1. The standard InChI is InChI=1S/C16H20N8O/c1-11(8-24-10-17-9-18-24)19-15(25)13-6-4-5-12(7-13)14-20-16(22-21-14)23(2)3/h4-7,9-11H,8H2,1-3H3,(H,19,25)(H,20,21,22)/t11-/m0/s1. The molecule has 0 aliphatic heterocycles. The Balaban J connectivity index is 1.70. The Kier molecular flexibility index (Phi) is 4.73. The van der Waals surface area contributed by atoms with Crippen LogP contribution in [0, 0.1) is 0 Å². The quantitative estimate of drug-likeness (QED) is 0.692. The van der Waals surface area contributed by atoms with Gasteiger partial charge in [-0.3, -0.25) is 14.6 Å². The van der Waals surface area contributed by atoms with Crippen molar-refractivity contribution in [3.63, 3.8) is 0 Å². The van der Waals surface area contributed by atoms with E-state index in [4.69, 9.17) is 0 Å². The van der Waals surface area contributed by atoms with Gasteiger partial charge in [-0.05, 0) is 19.1 Å². The molecular formula is C16H20N8O. The summed E-state index contributed by atoms with van der Waals surface area (Å²) in [5, 5.41) is 14.0. The van der Waals surface area contributed by atoms with Gasteiger partial charge in [-0.1, -0.05) is 12.1 Å². The van der Waals surface area contributed by atoms with E-state index in [1.54, 1.807) is 23.1 Å². The Morgan fingerprint density at radius 3 is 2.92 bits per heavy atom. The molecule has 0 aliphatic carbocycles.